The molecule has 0 unspecified atom stereocenters. The molecule has 9 nitrogen and oxygen atoms in total. The van der Waals surface area contributed by atoms with Crippen molar-refractivity contribution < 1.29 is 22.7 Å². The SMILES string of the molecule is CCN(CC(=O)NC(C)(C)C)C(=O)c1cc(S(=O)(=O)N2CCOCC2)cn1C. The second kappa shape index (κ2) is 8.62. The summed E-state index contributed by atoms with van der Waals surface area (Å²) in [5.74, 6) is -0.657. The highest BCUT2D eigenvalue weighted by Gasteiger charge is 2.30. The van der Waals surface area contributed by atoms with Crippen LogP contribution < -0.4 is 5.32 Å². The van der Waals surface area contributed by atoms with Crippen molar-refractivity contribution in [2.75, 3.05) is 39.4 Å². The van der Waals surface area contributed by atoms with Crippen LogP contribution in [0.3, 0.4) is 0 Å². The second-order valence-corrected chi connectivity index (χ2v) is 9.74. The summed E-state index contributed by atoms with van der Waals surface area (Å²) in [6, 6.07) is 1.37. The zero-order chi connectivity index (χ0) is 21.1. The quantitative estimate of drug-likeness (QED) is 0.727. The normalized spacial score (nSPS) is 16.0. The Morgan fingerprint density at radius 2 is 1.86 bits per heavy atom. The van der Waals surface area contributed by atoms with E-state index >= 15 is 0 Å². The predicted molar refractivity (Wildman–Crippen MR) is 104 cm³/mol. The summed E-state index contributed by atoms with van der Waals surface area (Å²) in [5, 5.41) is 2.82. The van der Waals surface area contributed by atoms with E-state index in [1.165, 1.54) is 26.0 Å². The average molecular weight is 415 g/mol. The molecule has 2 amide bonds. The number of sulfonamides is 1. The number of carbonyl (C=O) groups is 2. The number of likely N-dealkylation sites (N-methyl/N-ethyl adjacent to an activating group) is 1. The first kappa shape index (κ1) is 22.4. The molecular weight excluding hydrogens is 384 g/mol. The smallest absolute Gasteiger partial charge is 0.270 e. The lowest BCUT2D eigenvalue weighted by Crippen LogP contribution is -2.47. The Labute approximate surface area is 166 Å². The third kappa shape index (κ3) is 5.33. The van der Waals surface area contributed by atoms with Crippen LogP contribution in [0, 0.1) is 0 Å². The van der Waals surface area contributed by atoms with Gasteiger partial charge in [-0.3, -0.25) is 9.59 Å². The van der Waals surface area contributed by atoms with Gasteiger partial charge in [0, 0.05) is 38.4 Å². The Morgan fingerprint density at radius 3 is 2.39 bits per heavy atom. The molecule has 1 N–H and O–H groups in total. The van der Waals surface area contributed by atoms with E-state index in [2.05, 4.69) is 5.32 Å². The van der Waals surface area contributed by atoms with Gasteiger partial charge in [0.05, 0.1) is 19.8 Å². The van der Waals surface area contributed by atoms with E-state index in [0.717, 1.165) is 0 Å². The summed E-state index contributed by atoms with van der Waals surface area (Å²) in [5.41, 5.74) is -0.179. The van der Waals surface area contributed by atoms with E-state index < -0.39 is 21.5 Å². The fraction of sp³-hybridized carbons (Fsp3) is 0.667. The van der Waals surface area contributed by atoms with Crippen LogP contribution in [0.15, 0.2) is 17.2 Å². The van der Waals surface area contributed by atoms with E-state index in [9.17, 15) is 18.0 Å². The third-order valence-corrected chi connectivity index (χ3v) is 6.19. The Balaban J connectivity index is 2.20. The number of morpholine rings is 1. The molecule has 0 atom stereocenters. The molecule has 1 aromatic heterocycles. The average Bonchev–Trinajstić information content (AvgIpc) is 3.01. The fourth-order valence-corrected chi connectivity index (χ4v) is 4.42. The van der Waals surface area contributed by atoms with Gasteiger partial charge < -0.3 is 19.5 Å². The van der Waals surface area contributed by atoms with E-state index in [1.807, 2.05) is 20.8 Å². The Morgan fingerprint density at radius 1 is 1.25 bits per heavy atom. The van der Waals surface area contributed by atoms with E-state index in [0.29, 0.717) is 19.8 Å². The van der Waals surface area contributed by atoms with Crippen LogP contribution in [-0.4, -0.2) is 78.9 Å². The number of hydrogen-bond donors (Lipinski definition) is 1. The first-order chi connectivity index (χ1) is 13.0. The lowest BCUT2D eigenvalue weighted by Gasteiger charge is -2.25. The van der Waals surface area contributed by atoms with E-state index in [4.69, 9.17) is 4.74 Å². The summed E-state index contributed by atoms with van der Waals surface area (Å²) < 4.78 is 33.7. The van der Waals surface area contributed by atoms with Gasteiger partial charge in [-0.25, -0.2) is 8.42 Å². The van der Waals surface area contributed by atoms with Crippen LogP contribution >= 0.6 is 0 Å². The molecule has 1 fully saturated rings. The zero-order valence-corrected chi connectivity index (χ0v) is 18.0. The summed E-state index contributed by atoms with van der Waals surface area (Å²) in [6.45, 7) is 8.87. The largest absolute Gasteiger partial charge is 0.379 e. The molecule has 0 spiro atoms. The van der Waals surface area contributed by atoms with Crippen LogP contribution in [0.5, 0.6) is 0 Å². The number of carbonyl (C=O) groups excluding carboxylic acids is 2. The maximum Gasteiger partial charge on any atom is 0.270 e. The summed E-state index contributed by atoms with van der Waals surface area (Å²) in [6.07, 6.45) is 1.43. The molecule has 1 aliphatic rings. The van der Waals surface area contributed by atoms with Crippen molar-refractivity contribution in [3.8, 4) is 0 Å². The third-order valence-electron chi connectivity index (χ3n) is 4.32. The van der Waals surface area contributed by atoms with Crippen molar-refractivity contribution in [2.24, 2.45) is 7.05 Å². The number of rotatable bonds is 6. The topological polar surface area (TPSA) is 101 Å². The number of aryl methyl sites for hydroxylation is 1. The monoisotopic (exact) mass is 414 g/mol. The molecule has 1 aromatic rings. The molecule has 2 rings (SSSR count). The number of nitrogens with one attached hydrogen (secondary N) is 1. The van der Waals surface area contributed by atoms with Gasteiger partial charge in [-0.15, -0.1) is 0 Å². The van der Waals surface area contributed by atoms with Gasteiger partial charge in [0.15, 0.2) is 0 Å². The van der Waals surface area contributed by atoms with Gasteiger partial charge in [0.2, 0.25) is 15.9 Å². The lowest BCUT2D eigenvalue weighted by molar-refractivity contribution is -0.123. The van der Waals surface area contributed by atoms with Gasteiger partial charge in [-0.2, -0.15) is 4.31 Å². The first-order valence-electron chi connectivity index (χ1n) is 9.30. The maximum absolute atomic E-state index is 12.9. The second-order valence-electron chi connectivity index (χ2n) is 7.81. The van der Waals surface area contributed by atoms with Gasteiger partial charge in [-0.1, -0.05) is 0 Å². The van der Waals surface area contributed by atoms with Gasteiger partial charge in [0.25, 0.3) is 5.91 Å². The van der Waals surface area contributed by atoms with Crippen LogP contribution in [0.2, 0.25) is 0 Å². The van der Waals surface area contributed by atoms with Crippen molar-refractivity contribution in [3.63, 3.8) is 0 Å². The van der Waals surface area contributed by atoms with Crippen LogP contribution in [-0.2, 0) is 26.6 Å². The summed E-state index contributed by atoms with van der Waals surface area (Å²) in [4.78, 5) is 26.6. The minimum atomic E-state index is -3.69. The minimum absolute atomic E-state index is 0.0652. The van der Waals surface area contributed by atoms with E-state index in [1.54, 1.807) is 14.0 Å². The molecule has 0 radical (unpaired) electrons. The molecule has 0 aliphatic carbocycles. The molecular formula is C18H30N4O5S. The maximum atomic E-state index is 12.9. The number of nitrogens with zero attached hydrogens (tertiary/aromatic N) is 3. The summed E-state index contributed by atoms with van der Waals surface area (Å²) >= 11 is 0. The Kier molecular flexibility index (Phi) is 6.89. The number of aromatic nitrogens is 1. The van der Waals surface area contributed by atoms with Crippen molar-refractivity contribution in [1.82, 2.24) is 19.1 Å². The van der Waals surface area contributed by atoms with Crippen molar-refractivity contribution in [3.05, 3.63) is 18.0 Å². The molecule has 2 heterocycles. The number of amides is 2. The molecule has 0 aromatic carbocycles. The van der Waals surface area contributed by atoms with Crippen molar-refractivity contribution >= 4 is 21.8 Å². The summed E-state index contributed by atoms with van der Waals surface area (Å²) in [7, 11) is -2.07. The van der Waals surface area contributed by atoms with Gasteiger partial charge >= 0.3 is 0 Å². The number of ether oxygens (including phenoxy) is 1. The van der Waals surface area contributed by atoms with Gasteiger partial charge in [-0.05, 0) is 33.8 Å². The van der Waals surface area contributed by atoms with Crippen molar-refractivity contribution in [1.29, 1.82) is 0 Å². The molecule has 0 bridgehead atoms. The zero-order valence-electron chi connectivity index (χ0n) is 17.2. The molecule has 1 saturated heterocycles. The van der Waals surface area contributed by atoms with Crippen LogP contribution in [0.4, 0.5) is 0 Å². The molecule has 28 heavy (non-hydrogen) atoms. The Bertz CT molecular complexity index is 820. The molecule has 10 heteroatoms. The molecule has 158 valence electrons. The van der Waals surface area contributed by atoms with Crippen LogP contribution in [0.1, 0.15) is 38.2 Å². The Hall–Kier alpha value is -1.91. The predicted octanol–water partition coefficient (Wildman–Crippen LogP) is 0.423. The standard InChI is InChI=1S/C18H30N4O5S/c1-6-21(13-16(23)19-18(2,3)4)17(24)15-11-14(12-20(15)5)28(25,26)22-7-9-27-10-8-22/h11-12H,6-10,13H2,1-5H3,(H,19,23). The number of hydrogen-bond acceptors (Lipinski definition) is 5. The van der Waals surface area contributed by atoms with Crippen molar-refractivity contribution in [2.45, 2.75) is 38.1 Å². The fourth-order valence-electron chi connectivity index (χ4n) is 2.94. The lowest BCUT2D eigenvalue weighted by atomic mass is 10.1. The highest BCUT2D eigenvalue weighted by Crippen LogP contribution is 2.20. The first-order valence-corrected chi connectivity index (χ1v) is 10.7. The highest BCUT2D eigenvalue weighted by atomic mass is 32.2. The van der Waals surface area contributed by atoms with Crippen LogP contribution in [0.25, 0.3) is 0 Å². The van der Waals surface area contributed by atoms with E-state index in [-0.39, 0.29) is 36.1 Å². The minimum Gasteiger partial charge on any atom is -0.379 e. The van der Waals surface area contributed by atoms with Gasteiger partial charge in [0.1, 0.15) is 10.6 Å². The molecule has 0 saturated carbocycles. The highest BCUT2D eigenvalue weighted by molar-refractivity contribution is 7.89. The molecule has 1 aliphatic heterocycles.